The van der Waals surface area contributed by atoms with Gasteiger partial charge in [-0.05, 0) is 42.7 Å². The molecule has 3 aromatic rings. The molecule has 2 aromatic carbocycles. The maximum Gasteiger partial charge on any atom is 0.315 e. The lowest BCUT2D eigenvalue weighted by molar-refractivity contribution is -0.149. The van der Waals surface area contributed by atoms with Crippen LogP contribution in [0.3, 0.4) is 0 Å². The van der Waals surface area contributed by atoms with Gasteiger partial charge in [0, 0.05) is 37.9 Å². The molecule has 13 heteroatoms. The third-order valence-corrected chi connectivity index (χ3v) is 10.7. The van der Waals surface area contributed by atoms with Gasteiger partial charge in [-0.1, -0.05) is 102 Å². The molecule has 0 aliphatic carbocycles. The number of ether oxygens (including phenoxy) is 2. The number of rotatable bonds is 19. The van der Waals surface area contributed by atoms with Crippen molar-refractivity contribution in [2.45, 2.75) is 104 Å². The van der Waals surface area contributed by atoms with Gasteiger partial charge >= 0.3 is 18.0 Å². The monoisotopic (exact) mass is 763 g/mol. The van der Waals surface area contributed by atoms with Crippen molar-refractivity contribution >= 4 is 41.1 Å². The van der Waals surface area contributed by atoms with Crippen LogP contribution in [-0.2, 0) is 30.3 Å². The Hall–Kier alpha value is -4.78. The quantitative estimate of drug-likeness (QED) is 0.115. The molecule has 0 saturated carbocycles. The molecule has 54 heavy (non-hydrogen) atoms. The summed E-state index contributed by atoms with van der Waals surface area (Å²) in [6.45, 7) is 12.8. The van der Waals surface area contributed by atoms with Crippen molar-refractivity contribution in [2.75, 3.05) is 14.2 Å². The lowest BCUT2D eigenvalue weighted by Crippen LogP contribution is -2.56. The second kappa shape index (κ2) is 21.2. The molecule has 3 rings (SSSR count). The van der Waals surface area contributed by atoms with Crippen molar-refractivity contribution in [1.29, 1.82) is 0 Å². The first-order valence-electron chi connectivity index (χ1n) is 18.6. The van der Waals surface area contributed by atoms with Crippen LogP contribution in [0.1, 0.15) is 106 Å². The van der Waals surface area contributed by atoms with Crippen molar-refractivity contribution < 1.29 is 33.4 Å². The van der Waals surface area contributed by atoms with Crippen LogP contribution in [0.2, 0.25) is 0 Å². The number of thiazole rings is 1. The van der Waals surface area contributed by atoms with Gasteiger partial charge in [-0.3, -0.25) is 19.2 Å². The third kappa shape index (κ3) is 13.0. The highest BCUT2D eigenvalue weighted by Crippen LogP contribution is 2.31. The van der Waals surface area contributed by atoms with Gasteiger partial charge in [-0.15, -0.1) is 11.3 Å². The molecule has 0 unspecified atom stereocenters. The van der Waals surface area contributed by atoms with Gasteiger partial charge in [0.15, 0.2) is 6.10 Å². The maximum absolute atomic E-state index is 14.2. The Kier molecular flexibility index (Phi) is 17.1. The van der Waals surface area contributed by atoms with Crippen molar-refractivity contribution in [3.63, 3.8) is 0 Å². The van der Waals surface area contributed by atoms with Crippen LogP contribution in [0.5, 0.6) is 0 Å². The highest BCUT2D eigenvalue weighted by molar-refractivity contribution is 7.09. The number of aromatic nitrogens is 1. The van der Waals surface area contributed by atoms with E-state index in [0.29, 0.717) is 24.3 Å². The van der Waals surface area contributed by atoms with Crippen LogP contribution in [0.4, 0.5) is 4.79 Å². The Morgan fingerprint density at radius 2 is 1.50 bits per heavy atom. The summed E-state index contributed by atoms with van der Waals surface area (Å²) in [6.07, 6.45) is 0.875. The summed E-state index contributed by atoms with van der Waals surface area (Å²) in [7, 11) is 3.04. The molecule has 12 nitrogen and oxygen atoms in total. The Labute approximate surface area is 323 Å². The van der Waals surface area contributed by atoms with Gasteiger partial charge in [-0.2, -0.15) is 0 Å². The normalized spacial score (nSPS) is 15.1. The number of esters is 2. The number of amides is 4. The predicted octanol–water partition coefficient (Wildman–Crippen LogP) is 6.64. The highest BCUT2D eigenvalue weighted by atomic mass is 32.1. The Morgan fingerprint density at radius 3 is 2.07 bits per heavy atom. The van der Waals surface area contributed by atoms with Crippen LogP contribution in [0.25, 0.3) is 0 Å². The standard InChI is InChI=1S/C41H57N5O7S/c1-10-26(4)36(45-41(51)42-28(6)31-19-15-12-16-20-31)39(49)46(8)34(25(2)3)23-35(53-29(7)47)38-44-33(24-54-38)37(48)43-32(21-27(5)40(50)52-9)22-30-17-13-11-14-18-30/h11-20,24-28,32,34-36H,10,21-23H2,1-9H3,(H,43,48)(H2,42,45,51)/t26-,27-,28-,32+,34+,35+,36-/m0/s1. The first kappa shape index (κ1) is 43.6. The first-order valence-corrected chi connectivity index (χ1v) is 19.5. The molecule has 0 bridgehead atoms. The van der Waals surface area contributed by atoms with Crippen LogP contribution in [0.15, 0.2) is 66.0 Å². The predicted molar refractivity (Wildman–Crippen MR) is 210 cm³/mol. The van der Waals surface area contributed by atoms with E-state index in [2.05, 4.69) is 20.9 Å². The number of urea groups is 1. The second-order valence-corrected chi connectivity index (χ2v) is 15.2. The number of hydrogen-bond donors (Lipinski definition) is 3. The zero-order valence-electron chi connectivity index (χ0n) is 33.0. The van der Waals surface area contributed by atoms with Gasteiger partial charge in [0.1, 0.15) is 16.7 Å². The summed E-state index contributed by atoms with van der Waals surface area (Å²) in [5.41, 5.74) is 2.09. The minimum absolute atomic E-state index is 0.0696. The van der Waals surface area contributed by atoms with E-state index in [-0.39, 0.29) is 47.9 Å². The van der Waals surface area contributed by atoms with Gasteiger partial charge in [0.05, 0.1) is 19.1 Å². The smallest absolute Gasteiger partial charge is 0.315 e. The Bertz CT molecular complexity index is 1670. The molecule has 7 atom stereocenters. The summed E-state index contributed by atoms with van der Waals surface area (Å²) < 4.78 is 10.7. The number of nitrogens with zero attached hydrogens (tertiary/aromatic N) is 2. The molecule has 4 amide bonds. The van der Waals surface area contributed by atoms with E-state index in [0.717, 1.165) is 11.1 Å². The van der Waals surface area contributed by atoms with Crippen molar-refractivity contribution in [3.8, 4) is 0 Å². The summed E-state index contributed by atoms with van der Waals surface area (Å²) in [4.78, 5) is 71.8. The zero-order chi connectivity index (χ0) is 39.9. The van der Waals surface area contributed by atoms with Crippen LogP contribution < -0.4 is 16.0 Å². The molecular formula is C41H57N5O7S. The molecule has 1 aromatic heterocycles. The fourth-order valence-electron chi connectivity index (χ4n) is 6.38. The van der Waals surface area contributed by atoms with E-state index in [1.54, 1.807) is 24.3 Å². The number of carbonyl (C=O) groups is 5. The molecule has 0 aliphatic rings. The van der Waals surface area contributed by atoms with Crippen LogP contribution in [0, 0.1) is 17.8 Å². The van der Waals surface area contributed by atoms with E-state index in [9.17, 15) is 24.0 Å². The van der Waals surface area contributed by atoms with Crippen molar-refractivity contribution in [2.24, 2.45) is 17.8 Å². The average Bonchev–Trinajstić information content (AvgIpc) is 3.65. The zero-order valence-corrected chi connectivity index (χ0v) is 33.8. The number of benzene rings is 2. The van der Waals surface area contributed by atoms with E-state index in [4.69, 9.17) is 9.47 Å². The number of methoxy groups -OCH3 is 1. The Balaban J connectivity index is 1.80. The van der Waals surface area contributed by atoms with E-state index >= 15 is 0 Å². The van der Waals surface area contributed by atoms with Gasteiger partial charge in [-0.25, -0.2) is 9.78 Å². The first-order chi connectivity index (χ1) is 25.6. The van der Waals surface area contributed by atoms with Crippen molar-refractivity contribution in [1.82, 2.24) is 25.8 Å². The molecule has 0 aliphatic heterocycles. The SMILES string of the molecule is CC[C@H](C)[C@H](NC(=O)N[C@@H](C)c1ccccc1)C(=O)N(C)[C@H](C[C@@H](OC(C)=O)c1nc(C(=O)N[C@@H](Cc2ccccc2)C[C@H](C)C(=O)OC)cs1)C(C)C. The van der Waals surface area contributed by atoms with Crippen LogP contribution >= 0.6 is 11.3 Å². The number of likely N-dealkylation sites (N-methyl/N-ethyl adjacent to an activating group) is 1. The minimum atomic E-state index is -0.846. The molecule has 1 heterocycles. The highest BCUT2D eigenvalue weighted by Gasteiger charge is 2.36. The van der Waals surface area contributed by atoms with Gasteiger partial charge in [0.2, 0.25) is 5.91 Å². The lowest BCUT2D eigenvalue weighted by atomic mass is 9.93. The number of carbonyl (C=O) groups excluding carboxylic acids is 5. The van der Waals surface area contributed by atoms with E-state index < -0.39 is 42.0 Å². The fourth-order valence-corrected chi connectivity index (χ4v) is 7.22. The summed E-state index contributed by atoms with van der Waals surface area (Å²) in [6, 6.07) is 16.9. The second-order valence-electron chi connectivity index (χ2n) is 14.3. The fraction of sp³-hybridized carbons (Fsp3) is 0.512. The average molecular weight is 764 g/mol. The lowest BCUT2D eigenvalue weighted by Gasteiger charge is -2.37. The molecule has 0 saturated heterocycles. The largest absolute Gasteiger partial charge is 0.469 e. The molecule has 0 fully saturated rings. The van der Waals surface area contributed by atoms with Crippen molar-refractivity contribution in [3.05, 3.63) is 87.9 Å². The van der Waals surface area contributed by atoms with Gasteiger partial charge < -0.3 is 30.3 Å². The van der Waals surface area contributed by atoms with Crippen LogP contribution in [-0.4, -0.2) is 72.0 Å². The minimum Gasteiger partial charge on any atom is -0.469 e. The number of nitrogens with one attached hydrogen (secondary N) is 3. The van der Waals surface area contributed by atoms with Gasteiger partial charge in [0.25, 0.3) is 5.91 Å². The maximum atomic E-state index is 14.2. The Morgan fingerprint density at radius 1 is 0.870 bits per heavy atom. The molecule has 0 spiro atoms. The number of hydrogen-bond acceptors (Lipinski definition) is 9. The molecule has 3 N–H and O–H groups in total. The van der Waals surface area contributed by atoms with E-state index in [1.807, 2.05) is 95.3 Å². The molecular weight excluding hydrogens is 707 g/mol. The molecule has 294 valence electrons. The summed E-state index contributed by atoms with van der Waals surface area (Å²) in [5, 5.41) is 10.9. The topological polar surface area (TPSA) is 156 Å². The third-order valence-electron chi connectivity index (χ3n) is 9.72. The molecule has 0 radical (unpaired) electrons. The summed E-state index contributed by atoms with van der Waals surface area (Å²) in [5.74, 6) is -2.27. The summed E-state index contributed by atoms with van der Waals surface area (Å²) >= 11 is 1.19. The van der Waals surface area contributed by atoms with E-state index in [1.165, 1.54) is 25.4 Å².